The van der Waals surface area contributed by atoms with E-state index in [1.165, 1.54) is 7.11 Å². The van der Waals surface area contributed by atoms with Gasteiger partial charge >= 0.3 is 5.97 Å². The molecule has 7 nitrogen and oxygen atoms in total. The van der Waals surface area contributed by atoms with Gasteiger partial charge in [-0.3, -0.25) is 14.4 Å². The Balaban J connectivity index is 1.95. The summed E-state index contributed by atoms with van der Waals surface area (Å²) in [4.78, 5) is 36.8. The highest BCUT2D eigenvalue weighted by Gasteiger charge is 2.21. The van der Waals surface area contributed by atoms with E-state index in [0.29, 0.717) is 36.4 Å². The molecule has 35 heavy (non-hydrogen) atoms. The molecule has 0 aliphatic heterocycles. The predicted molar refractivity (Wildman–Crippen MR) is 136 cm³/mol. The number of nitrogens with one attached hydrogen (secondary N) is 2. The van der Waals surface area contributed by atoms with Crippen LogP contribution >= 0.6 is 11.6 Å². The van der Waals surface area contributed by atoms with Gasteiger partial charge < -0.3 is 20.5 Å². The molecule has 2 amide bonds. The SMILES string of the molecule is COC(=O)CCc1ccccc1C/C(C)=C(/C)C(=O)NC(CO)C(=O)NCCc1ccc(Cl)cc1. The first-order valence-electron chi connectivity index (χ1n) is 11.5. The highest BCUT2D eigenvalue weighted by molar-refractivity contribution is 6.30. The maximum Gasteiger partial charge on any atom is 0.305 e. The quantitative estimate of drug-likeness (QED) is 0.307. The van der Waals surface area contributed by atoms with Gasteiger partial charge in [0.15, 0.2) is 0 Å². The molecule has 0 saturated heterocycles. The topological polar surface area (TPSA) is 105 Å². The van der Waals surface area contributed by atoms with Crippen LogP contribution in [0, 0.1) is 0 Å². The number of halogens is 1. The Morgan fingerprint density at radius 1 is 1.00 bits per heavy atom. The van der Waals surface area contributed by atoms with Gasteiger partial charge in [-0.2, -0.15) is 0 Å². The molecular weight excluding hydrogens is 468 g/mol. The van der Waals surface area contributed by atoms with Gasteiger partial charge in [-0.05, 0) is 61.9 Å². The second-order valence-corrected chi connectivity index (χ2v) is 8.74. The Morgan fingerprint density at radius 2 is 1.66 bits per heavy atom. The van der Waals surface area contributed by atoms with Crippen LogP contribution in [-0.2, 0) is 38.4 Å². The van der Waals surface area contributed by atoms with Gasteiger partial charge in [-0.15, -0.1) is 0 Å². The van der Waals surface area contributed by atoms with Crippen molar-refractivity contribution >= 4 is 29.4 Å². The number of allylic oxidation sites excluding steroid dienone is 1. The van der Waals surface area contributed by atoms with Crippen molar-refractivity contribution in [2.45, 2.75) is 45.6 Å². The minimum atomic E-state index is -1.05. The van der Waals surface area contributed by atoms with Gasteiger partial charge in [-0.1, -0.05) is 53.6 Å². The molecule has 0 bridgehead atoms. The molecule has 1 atom stereocenters. The predicted octanol–water partition coefficient (Wildman–Crippen LogP) is 3.16. The van der Waals surface area contributed by atoms with Crippen LogP contribution in [0.5, 0.6) is 0 Å². The number of methoxy groups -OCH3 is 1. The number of benzene rings is 2. The van der Waals surface area contributed by atoms with E-state index < -0.39 is 24.5 Å². The second-order valence-electron chi connectivity index (χ2n) is 8.30. The zero-order valence-corrected chi connectivity index (χ0v) is 21.2. The Bertz CT molecular complexity index is 1050. The normalized spacial score (nSPS) is 12.4. The third kappa shape index (κ3) is 9.19. The highest BCUT2D eigenvalue weighted by Crippen LogP contribution is 2.18. The van der Waals surface area contributed by atoms with E-state index in [2.05, 4.69) is 10.6 Å². The molecule has 0 aromatic heterocycles. The monoisotopic (exact) mass is 500 g/mol. The summed E-state index contributed by atoms with van der Waals surface area (Å²) in [5.41, 5.74) is 4.34. The number of hydrogen-bond donors (Lipinski definition) is 3. The molecule has 0 aliphatic rings. The van der Waals surface area contributed by atoms with Crippen LogP contribution in [0.3, 0.4) is 0 Å². The van der Waals surface area contributed by atoms with Crippen molar-refractivity contribution in [2.75, 3.05) is 20.3 Å². The van der Waals surface area contributed by atoms with Crippen molar-refractivity contribution in [3.05, 3.63) is 81.4 Å². The zero-order chi connectivity index (χ0) is 25.8. The molecule has 0 saturated carbocycles. The maximum atomic E-state index is 12.8. The van der Waals surface area contributed by atoms with Gasteiger partial charge in [0.2, 0.25) is 11.8 Å². The number of carbonyl (C=O) groups excluding carboxylic acids is 3. The first kappa shape index (κ1) is 28.1. The fourth-order valence-corrected chi connectivity index (χ4v) is 3.62. The van der Waals surface area contributed by atoms with Crippen molar-refractivity contribution in [3.63, 3.8) is 0 Å². The van der Waals surface area contributed by atoms with Crippen LogP contribution < -0.4 is 10.6 Å². The summed E-state index contributed by atoms with van der Waals surface area (Å²) in [5.74, 6) is -1.14. The van der Waals surface area contributed by atoms with Gasteiger partial charge in [0.25, 0.3) is 0 Å². The molecule has 0 spiro atoms. The van der Waals surface area contributed by atoms with E-state index >= 15 is 0 Å². The largest absolute Gasteiger partial charge is 0.469 e. The number of aliphatic hydroxyl groups excluding tert-OH is 1. The molecule has 2 rings (SSSR count). The van der Waals surface area contributed by atoms with Crippen molar-refractivity contribution in [1.82, 2.24) is 10.6 Å². The summed E-state index contributed by atoms with van der Waals surface area (Å²) < 4.78 is 4.72. The summed E-state index contributed by atoms with van der Waals surface area (Å²) in [6.45, 7) is 3.39. The summed E-state index contributed by atoms with van der Waals surface area (Å²) in [7, 11) is 1.36. The van der Waals surface area contributed by atoms with Crippen LogP contribution in [-0.4, -0.2) is 49.2 Å². The number of amides is 2. The maximum absolute atomic E-state index is 12.8. The van der Waals surface area contributed by atoms with Crippen LogP contribution in [0.2, 0.25) is 5.02 Å². The number of aryl methyl sites for hydroxylation is 1. The Kier molecular flexibility index (Phi) is 11.5. The number of esters is 1. The first-order chi connectivity index (χ1) is 16.7. The van der Waals surface area contributed by atoms with Gasteiger partial charge in [0, 0.05) is 23.6 Å². The molecular formula is C27H33ClN2O5. The fourth-order valence-electron chi connectivity index (χ4n) is 3.49. The van der Waals surface area contributed by atoms with Gasteiger partial charge in [-0.25, -0.2) is 0 Å². The first-order valence-corrected chi connectivity index (χ1v) is 11.9. The molecule has 0 fully saturated rings. The van der Waals surface area contributed by atoms with Crippen LogP contribution in [0.15, 0.2) is 59.7 Å². The molecule has 3 N–H and O–H groups in total. The van der Waals surface area contributed by atoms with Crippen molar-refractivity contribution in [1.29, 1.82) is 0 Å². The summed E-state index contributed by atoms with van der Waals surface area (Å²) in [6.07, 6.45) is 1.95. The molecule has 1 unspecified atom stereocenters. The molecule has 2 aromatic rings. The van der Waals surface area contributed by atoms with Crippen molar-refractivity contribution in [2.24, 2.45) is 0 Å². The van der Waals surface area contributed by atoms with Crippen LogP contribution in [0.25, 0.3) is 0 Å². The van der Waals surface area contributed by atoms with E-state index in [1.807, 2.05) is 43.3 Å². The third-order valence-corrected chi connectivity index (χ3v) is 6.06. The van der Waals surface area contributed by atoms with E-state index in [-0.39, 0.29) is 12.4 Å². The van der Waals surface area contributed by atoms with Crippen molar-refractivity contribution < 1.29 is 24.2 Å². The van der Waals surface area contributed by atoms with Gasteiger partial charge in [0.1, 0.15) is 6.04 Å². The Hall–Kier alpha value is -3.16. The highest BCUT2D eigenvalue weighted by atomic mass is 35.5. The van der Waals surface area contributed by atoms with Crippen LogP contribution in [0.1, 0.15) is 37.0 Å². The molecule has 8 heteroatoms. The zero-order valence-electron chi connectivity index (χ0n) is 20.4. The standard InChI is InChI=1S/C27H33ClN2O5/c1-18(16-22-7-5-4-6-21(22)10-13-25(32)35-3)19(2)26(33)30-24(17-31)27(34)29-15-14-20-8-11-23(28)12-9-20/h4-9,11-12,24,31H,10,13-17H2,1-3H3,(H,29,34)(H,30,33)/b19-18-. The summed E-state index contributed by atoms with van der Waals surface area (Å²) in [6, 6.07) is 14.0. The lowest BCUT2D eigenvalue weighted by molar-refractivity contribution is -0.140. The molecule has 188 valence electrons. The Labute approximate surface area is 211 Å². The second kappa shape index (κ2) is 14.3. The van der Waals surface area contributed by atoms with E-state index in [1.54, 1.807) is 19.1 Å². The molecule has 0 heterocycles. The van der Waals surface area contributed by atoms with E-state index in [4.69, 9.17) is 16.3 Å². The summed E-state index contributed by atoms with van der Waals surface area (Å²) in [5, 5.41) is 15.7. The molecule has 0 radical (unpaired) electrons. The minimum Gasteiger partial charge on any atom is -0.469 e. The summed E-state index contributed by atoms with van der Waals surface area (Å²) >= 11 is 5.88. The number of aliphatic hydroxyl groups is 1. The van der Waals surface area contributed by atoms with Gasteiger partial charge in [0.05, 0.1) is 13.7 Å². The van der Waals surface area contributed by atoms with Crippen LogP contribution in [0.4, 0.5) is 0 Å². The van der Waals surface area contributed by atoms with E-state index in [0.717, 1.165) is 22.3 Å². The fraction of sp³-hybridized carbons (Fsp3) is 0.370. The lowest BCUT2D eigenvalue weighted by atomic mass is 9.95. The number of ether oxygens (including phenoxy) is 1. The minimum absolute atomic E-state index is 0.274. The Morgan fingerprint density at radius 3 is 2.29 bits per heavy atom. The number of hydrogen-bond acceptors (Lipinski definition) is 5. The van der Waals surface area contributed by atoms with Crippen molar-refractivity contribution in [3.8, 4) is 0 Å². The number of rotatable bonds is 12. The lowest BCUT2D eigenvalue weighted by Crippen LogP contribution is -2.49. The molecule has 2 aromatic carbocycles. The third-order valence-electron chi connectivity index (χ3n) is 5.81. The smallest absolute Gasteiger partial charge is 0.305 e. The average molecular weight is 501 g/mol. The molecule has 0 aliphatic carbocycles. The number of carbonyl (C=O) groups is 3. The van der Waals surface area contributed by atoms with E-state index in [9.17, 15) is 19.5 Å². The lowest BCUT2D eigenvalue weighted by Gasteiger charge is -2.18. The average Bonchev–Trinajstić information content (AvgIpc) is 2.86.